The first-order valence-corrected chi connectivity index (χ1v) is 10.8. The summed E-state index contributed by atoms with van der Waals surface area (Å²) in [6.45, 7) is -0.395. The van der Waals surface area contributed by atoms with Gasteiger partial charge in [0.05, 0.1) is 16.7 Å². The first kappa shape index (κ1) is 27.1. The first-order valence-electron chi connectivity index (χ1n) is 10.8. The zero-order valence-corrected chi connectivity index (χ0v) is 18.1. The van der Waals surface area contributed by atoms with Crippen molar-refractivity contribution in [3.63, 3.8) is 0 Å². The van der Waals surface area contributed by atoms with Gasteiger partial charge in [-0.15, -0.1) is 0 Å². The maximum Gasteiger partial charge on any atom is 0.416 e. The summed E-state index contributed by atoms with van der Waals surface area (Å²) < 4.78 is 119. The summed E-state index contributed by atoms with van der Waals surface area (Å²) in [5.41, 5.74) is -4.02. The van der Waals surface area contributed by atoms with E-state index in [0.717, 1.165) is 12.2 Å². The molecule has 1 aromatic carbocycles. The number of halogens is 9. The van der Waals surface area contributed by atoms with Gasteiger partial charge in [0.1, 0.15) is 0 Å². The molecule has 1 unspecified atom stereocenters. The average Bonchev–Trinajstić information content (AvgIpc) is 2.71. The topological polar surface area (TPSA) is 40.5 Å². The number of carbonyl (C=O) groups is 1. The molecule has 1 N–H and O–H groups in total. The molecule has 194 valence electrons. The van der Waals surface area contributed by atoms with E-state index in [9.17, 15) is 49.4 Å². The van der Waals surface area contributed by atoms with Crippen LogP contribution < -0.4 is 0 Å². The van der Waals surface area contributed by atoms with Gasteiger partial charge in [-0.1, -0.05) is 18.2 Å². The predicted octanol–water partition coefficient (Wildman–Crippen LogP) is 6.84. The highest BCUT2D eigenvalue weighted by Crippen LogP contribution is 2.41. The van der Waals surface area contributed by atoms with E-state index in [-0.39, 0.29) is 19.4 Å². The van der Waals surface area contributed by atoms with Gasteiger partial charge >= 0.3 is 24.5 Å². The minimum Gasteiger partial charge on any atom is -0.481 e. The second-order valence-electron chi connectivity index (χ2n) is 8.74. The summed E-state index contributed by atoms with van der Waals surface area (Å²) in [4.78, 5) is 12.9. The number of benzene rings is 1. The fraction of sp³-hybridized carbons (Fsp3) is 0.522. The van der Waals surface area contributed by atoms with Crippen molar-refractivity contribution in [2.24, 2.45) is 11.8 Å². The molecule has 0 saturated carbocycles. The molecule has 0 spiro atoms. The quantitative estimate of drug-likeness (QED) is 0.437. The molecule has 3 rings (SSSR count). The number of alkyl halides is 9. The van der Waals surface area contributed by atoms with Crippen LogP contribution in [0.4, 0.5) is 39.5 Å². The van der Waals surface area contributed by atoms with Gasteiger partial charge in [0.25, 0.3) is 0 Å². The van der Waals surface area contributed by atoms with E-state index < -0.39 is 71.2 Å². The van der Waals surface area contributed by atoms with Crippen molar-refractivity contribution < 1.29 is 49.4 Å². The molecule has 0 radical (unpaired) electrons. The van der Waals surface area contributed by atoms with Gasteiger partial charge < -0.3 is 5.11 Å². The molecule has 35 heavy (non-hydrogen) atoms. The molecule has 1 aromatic rings. The number of piperidine rings is 1. The number of carboxylic acids is 1. The summed E-state index contributed by atoms with van der Waals surface area (Å²) in [6.07, 6.45) is -11.1. The maximum atomic E-state index is 13.6. The molecule has 1 heterocycles. The normalized spacial score (nSPS) is 24.4. The number of nitrogens with zero attached hydrogens (tertiary/aromatic N) is 1. The molecular formula is C23H22F9NO2. The van der Waals surface area contributed by atoms with Crippen LogP contribution in [0.2, 0.25) is 0 Å². The third kappa shape index (κ3) is 6.59. The third-order valence-electron chi connectivity index (χ3n) is 6.37. The average molecular weight is 515 g/mol. The maximum absolute atomic E-state index is 13.6. The molecule has 3 atom stereocenters. The molecule has 1 aliphatic carbocycles. The summed E-state index contributed by atoms with van der Waals surface area (Å²) in [5.74, 6) is -2.43. The largest absolute Gasteiger partial charge is 0.481 e. The van der Waals surface area contributed by atoms with Crippen LogP contribution in [0.25, 0.3) is 0 Å². The number of likely N-dealkylation sites (tertiary alicyclic amines) is 1. The van der Waals surface area contributed by atoms with Crippen LogP contribution in [0, 0.1) is 11.8 Å². The Kier molecular flexibility index (Phi) is 7.64. The van der Waals surface area contributed by atoms with E-state index >= 15 is 0 Å². The zero-order chi connectivity index (χ0) is 26.2. The van der Waals surface area contributed by atoms with Crippen molar-refractivity contribution in [1.29, 1.82) is 0 Å². The summed E-state index contributed by atoms with van der Waals surface area (Å²) >= 11 is 0. The molecule has 1 aliphatic heterocycles. The fourth-order valence-corrected chi connectivity index (χ4v) is 4.92. The van der Waals surface area contributed by atoms with Crippen molar-refractivity contribution in [3.05, 3.63) is 58.7 Å². The predicted molar refractivity (Wildman–Crippen MR) is 107 cm³/mol. The number of rotatable bonds is 5. The van der Waals surface area contributed by atoms with Gasteiger partial charge in [0, 0.05) is 19.0 Å². The molecule has 0 aromatic heterocycles. The van der Waals surface area contributed by atoms with Crippen molar-refractivity contribution >= 4 is 5.97 Å². The third-order valence-corrected chi connectivity index (χ3v) is 6.37. The van der Waals surface area contributed by atoms with E-state index in [2.05, 4.69) is 0 Å². The Morgan fingerprint density at radius 2 is 1.69 bits per heavy atom. The Labute approximate surface area is 194 Å². The number of hydrogen-bond donors (Lipinski definition) is 1. The van der Waals surface area contributed by atoms with Crippen molar-refractivity contribution in [3.8, 4) is 0 Å². The van der Waals surface area contributed by atoms with Gasteiger partial charge in [0.15, 0.2) is 0 Å². The van der Waals surface area contributed by atoms with Gasteiger partial charge in [-0.25, -0.2) is 0 Å². The smallest absolute Gasteiger partial charge is 0.416 e. The molecule has 1 saturated heterocycles. The molecule has 3 nitrogen and oxygen atoms in total. The van der Waals surface area contributed by atoms with Crippen LogP contribution in [0.3, 0.4) is 0 Å². The van der Waals surface area contributed by atoms with Gasteiger partial charge in [-0.05, 0) is 61.4 Å². The monoisotopic (exact) mass is 515 g/mol. The van der Waals surface area contributed by atoms with Crippen LogP contribution in [-0.2, 0) is 23.7 Å². The lowest BCUT2D eigenvalue weighted by Crippen LogP contribution is -2.49. The Hall–Kier alpha value is -2.50. The van der Waals surface area contributed by atoms with E-state index in [1.165, 1.54) is 11.0 Å². The van der Waals surface area contributed by atoms with Crippen LogP contribution in [0.1, 0.15) is 42.4 Å². The molecule has 0 bridgehead atoms. The molecular weight excluding hydrogens is 493 g/mol. The van der Waals surface area contributed by atoms with Crippen molar-refractivity contribution in [2.75, 3.05) is 6.54 Å². The minimum absolute atomic E-state index is 0.128. The SMILES string of the molecule is O=C(O)C[C@@H]1CCCN(Cc2cc(C(F)(F)F)ccc2C(F)(F)F)[C@H]1C1C=CC(C(F)(F)F)=CC1. The van der Waals surface area contributed by atoms with Crippen LogP contribution in [-0.4, -0.2) is 34.7 Å². The van der Waals surface area contributed by atoms with Crippen LogP contribution in [0.15, 0.2) is 42.0 Å². The Balaban J connectivity index is 1.98. The fourth-order valence-electron chi connectivity index (χ4n) is 4.92. The lowest BCUT2D eigenvalue weighted by Gasteiger charge is -2.45. The molecule has 2 aliphatic rings. The Morgan fingerprint density at radius 3 is 2.20 bits per heavy atom. The summed E-state index contributed by atoms with van der Waals surface area (Å²) in [7, 11) is 0. The Bertz CT molecular complexity index is 992. The number of carboxylic acid groups (broad SMARTS) is 1. The standard InChI is InChI=1S/C23H22F9NO2/c24-21(25,26)16-5-3-13(4-6-16)20-14(11-19(34)35)2-1-9-33(20)12-15-10-17(22(27,28)29)7-8-18(15)23(30,31)32/h3,5-8,10,13-14,20H,1-2,4,9,11-12H2,(H,34,35)/t13?,14-,20-/m0/s1. The second-order valence-corrected chi connectivity index (χ2v) is 8.74. The number of aliphatic carboxylic acids is 1. The minimum atomic E-state index is -4.93. The van der Waals surface area contributed by atoms with E-state index in [0.29, 0.717) is 31.0 Å². The van der Waals surface area contributed by atoms with Crippen molar-refractivity contribution in [1.82, 2.24) is 4.90 Å². The lowest BCUT2D eigenvalue weighted by atomic mass is 9.76. The molecule has 1 fully saturated rings. The Morgan fingerprint density at radius 1 is 1.00 bits per heavy atom. The number of allylic oxidation sites excluding steroid dienone is 3. The highest BCUT2D eigenvalue weighted by molar-refractivity contribution is 5.67. The summed E-state index contributed by atoms with van der Waals surface area (Å²) in [6, 6.07) is 0.377. The van der Waals surface area contributed by atoms with E-state index in [4.69, 9.17) is 0 Å². The van der Waals surface area contributed by atoms with Crippen LogP contribution in [0.5, 0.6) is 0 Å². The van der Waals surface area contributed by atoms with Crippen molar-refractivity contribution in [2.45, 2.75) is 56.8 Å². The molecule has 0 amide bonds. The first-order chi connectivity index (χ1) is 16.1. The van der Waals surface area contributed by atoms with E-state index in [1.54, 1.807) is 0 Å². The van der Waals surface area contributed by atoms with Crippen LogP contribution >= 0.6 is 0 Å². The summed E-state index contributed by atoms with van der Waals surface area (Å²) in [5, 5.41) is 9.31. The van der Waals surface area contributed by atoms with Gasteiger partial charge in [-0.3, -0.25) is 9.69 Å². The highest BCUT2D eigenvalue weighted by Gasteiger charge is 2.42. The van der Waals surface area contributed by atoms with Gasteiger partial charge in [0.2, 0.25) is 0 Å². The highest BCUT2D eigenvalue weighted by atomic mass is 19.4. The second kappa shape index (κ2) is 9.87. The van der Waals surface area contributed by atoms with E-state index in [1.807, 2.05) is 0 Å². The molecule has 12 heteroatoms. The van der Waals surface area contributed by atoms with Gasteiger partial charge in [-0.2, -0.15) is 39.5 Å². The zero-order valence-electron chi connectivity index (χ0n) is 18.1. The number of hydrogen-bond acceptors (Lipinski definition) is 2. The lowest BCUT2D eigenvalue weighted by molar-refractivity contribution is -0.142.